The van der Waals surface area contributed by atoms with Gasteiger partial charge in [0.1, 0.15) is 11.7 Å². The maximum atomic E-state index is 10.4. The van der Waals surface area contributed by atoms with Gasteiger partial charge in [0.2, 0.25) is 0 Å². The van der Waals surface area contributed by atoms with E-state index in [4.69, 9.17) is 13.5 Å². The second kappa shape index (κ2) is 13.4. The van der Waals surface area contributed by atoms with Crippen LogP contribution in [0.25, 0.3) is 0 Å². The third-order valence-corrected chi connectivity index (χ3v) is 7.09. The molecule has 0 heterocycles. The molecule has 0 amide bonds. The summed E-state index contributed by atoms with van der Waals surface area (Å²) >= 11 is -2.48. The molecule has 0 radical (unpaired) electrons. The van der Waals surface area contributed by atoms with Crippen molar-refractivity contribution in [3.8, 4) is 0 Å². The first-order valence-corrected chi connectivity index (χ1v) is 10.6. The van der Waals surface area contributed by atoms with Gasteiger partial charge in [-0.2, -0.15) is 0 Å². The summed E-state index contributed by atoms with van der Waals surface area (Å²) in [7, 11) is 0. The van der Waals surface area contributed by atoms with Crippen molar-refractivity contribution in [1.29, 1.82) is 0 Å². The zero-order valence-electron chi connectivity index (χ0n) is 15.0. The minimum atomic E-state index is -2.48. The molecule has 0 saturated heterocycles. The Balaban J connectivity index is 0. The van der Waals surface area contributed by atoms with Crippen molar-refractivity contribution < 1.29 is 46.2 Å². The SMILES string of the molecule is CC(C)[O][Zr]([O]C(C)C)[O]C(C)C.CCC(C(C)=O)C(=O)O. The van der Waals surface area contributed by atoms with E-state index in [-0.39, 0.29) is 24.1 Å². The number of Topliss-reactive ketones (excluding diaryl/α,β-unsaturated/α-hetero) is 1. The molecule has 1 unspecified atom stereocenters. The van der Waals surface area contributed by atoms with E-state index in [1.165, 1.54) is 6.92 Å². The molecule has 0 rings (SSSR count). The number of carboxylic acids is 1. The summed E-state index contributed by atoms with van der Waals surface area (Å²) in [6, 6.07) is 0. The molecule has 0 aromatic carbocycles. The van der Waals surface area contributed by atoms with E-state index in [0.29, 0.717) is 6.42 Å². The molecule has 6 nitrogen and oxygen atoms in total. The van der Waals surface area contributed by atoms with E-state index < -0.39 is 35.0 Å². The van der Waals surface area contributed by atoms with Crippen LogP contribution >= 0.6 is 0 Å². The summed E-state index contributed by atoms with van der Waals surface area (Å²) in [4.78, 5) is 20.6. The predicted octanol–water partition coefficient (Wildman–Crippen LogP) is 3.31. The van der Waals surface area contributed by atoms with E-state index in [9.17, 15) is 9.59 Å². The van der Waals surface area contributed by atoms with Crippen LogP contribution in [0, 0.1) is 5.92 Å². The van der Waals surface area contributed by atoms with Crippen LogP contribution < -0.4 is 0 Å². The zero-order valence-corrected chi connectivity index (χ0v) is 17.5. The number of ketones is 1. The minimum absolute atomic E-state index is 0.201. The fourth-order valence-corrected chi connectivity index (χ4v) is 4.54. The van der Waals surface area contributed by atoms with Gasteiger partial charge in [-0.05, 0) is 13.3 Å². The summed E-state index contributed by atoms with van der Waals surface area (Å²) in [6.45, 7) is 15.0. The molecule has 22 heavy (non-hydrogen) atoms. The van der Waals surface area contributed by atoms with Crippen molar-refractivity contribution in [2.24, 2.45) is 5.92 Å². The van der Waals surface area contributed by atoms with Gasteiger partial charge < -0.3 is 5.11 Å². The van der Waals surface area contributed by atoms with Crippen LogP contribution in [0.1, 0.15) is 61.8 Å². The maximum absolute atomic E-state index is 10.4. The van der Waals surface area contributed by atoms with Gasteiger partial charge >= 0.3 is 97.3 Å². The standard InChI is InChI=1S/C6H10O3.3C3H7O.Zr/c1-3-5(4(2)7)6(8)9;3*1-3(2)4;/h5H,3H2,1-2H3,(H,8,9);3*3H,1-2H3;/q;3*-1;+3. The predicted molar refractivity (Wildman–Crippen MR) is 80.8 cm³/mol. The first kappa shape index (κ1) is 24.2. The van der Waals surface area contributed by atoms with Gasteiger partial charge in [-0.25, -0.2) is 0 Å². The third kappa shape index (κ3) is 14.8. The number of aliphatic carboxylic acids is 1. The number of carbonyl (C=O) groups is 2. The van der Waals surface area contributed by atoms with Crippen LogP contribution in [0.2, 0.25) is 0 Å². The molecular weight excluding hydrogens is 367 g/mol. The zero-order chi connectivity index (χ0) is 17.9. The molecule has 0 spiro atoms. The normalized spacial score (nSPS) is 12.1. The third-order valence-electron chi connectivity index (χ3n) is 2.19. The summed E-state index contributed by atoms with van der Waals surface area (Å²) < 4.78 is 16.9. The molecular formula is C15H31O6Zr. The van der Waals surface area contributed by atoms with Gasteiger partial charge in [-0.1, -0.05) is 6.92 Å². The average Bonchev–Trinajstić information content (AvgIpc) is 2.25. The molecule has 1 atom stereocenters. The van der Waals surface area contributed by atoms with E-state index in [2.05, 4.69) is 0 Å². The summed E-state index contributed by atoms with van der Waals surface area (Å²) in [6.07, 6.45) is 0.982. The Morgan fingerprint density at radius 1 is 0.909 bits per heavy atom. The average molecular weight is 399 g/mol. The van der Waals surface area contributed by atoms with Crippen molar-refractivity contribution in [2.45, 2.75) is 80.1 Å². The van der Waals surface area contributed by atoms with Crippen LogP contribution in [0.15, 0.2) is 0 Å². The van der Waals surface area contributed by atoms with Gasteiger partial charge in [-0.3, -0.25) is 9.59 Å². The van der Waals surface area contributed by atoms with E-state index >= 15 is 0 Å². The number of rotatable bonds is 9. The Bertz CT molecular complexity index is 279. The molecule has 131 valence electrons. The molecule has 0 aromatic rings. The Morgan fingerprint density at radius 3 is 1.32 bits per heavy atom. The van der Waals surface area contributed by atoms with Crippen molar-refractivity contribution in [3.05, 3.63) is 0 Å². The van der Waals surface area contributed by atoms with Crippen LogP contribution in [-0.4, -0.2) is 35.2 Å². The van der Waals surface area contributed by atoms with Crippen molar-refractivity contribution in [3.63, 3.8) is 0 Å². The first-order valence-electron chi connectivity index (χ1n) is 7.61. The molecule has 0 aliphatic carbocycles. The first-order chi connectivity index (χ1) is 10.0. The molecule has 0 fully saturated rings. The topological polar surface area (TPSA) is 82.1 Å². The van der Waals surface area contributed by atoms with Crippen LogP contribution in [0.3, 0.4) is 0 Å². The fraction of sp³-hybridized carbons (Fsp3) is 0.867. The smallest absolute Gasteiger partial charge is 0.314 e. The Morgan fingerprint density at radius 2 is 1.23 bits per heavy atom. The molecule has 0 aromatic heterocycles. The monoisotopic (exact) mass is 397 g/mol. The molecule has 7 heteroatoms. The van der Waals surface area contributed by atoms with Crippen molar-refractivity contribution in [2.75, 3.05) is 0 Å². The van der Waals surface area contributed by atoms with Crippen LogP contribution in [-0.2, 0) is 41.1 Å². The van der Waals surface area contributed by atoms with Gasteiger partial charge in [0.05, 0.1) is 0 Å². The largest absolute Gasteiger partial charge is 0.481 e. The summed E-state index contributed by atoms with van der Waals surface area (Å²) in [5, 5.41) is 8.32. The van der Waals surface area contributed by atoms with Crippen molar-refractivity contribution >= 4 is 11.8 Å². The summed E-state index contributed by atoms with van der Waals surface area (Å²) in [5.74, 6) is -2.10. The van der Waals surface area contributed by atoms with Crippen LogP contribution in [0.4, 0.5) is 0 Å². The number of carbonyl (C=O) groups excluding carboxylic acids is 1. The quantitative estimate of drug-likeness (QED) is 0.600. The van der Waals surface area contributed by atoms with Crippen molar-refractivity contribution in [1.82, 2.24) is 0 Å². The maximum Gasteiger partial charge on any atom is 0.314 e. The van der Waals surface area contributed by atoms with Gasteiger partial charge in [0.15, 0.2) is 0 Å². The number of carboxylic acid groups (broad SMARTS) is 1. The number of hydrogen-bond acceptors (Lipinski definition) is 5. The second-order valence-corrected chi connectivity index (χ2v) is 8.63. The minimum Gasteiger partial charge on any atom is -0.481 e. The Labute approximate surface area is 144 Å². The second-order valence-electron chi connectivity index (χ2n) is 5.66. The molecule has 1 N–H and O–H groups in total. The van der Waals surface area contributed by atoms with E-state index in [1.807, 2.05) is 41.5 Å². The van der Waals surface area contributed by atoms with E-state index in [0.717, 1.165) is 0 Å². The Hall–Kier alpha value is -0.0969. The van der Waals surface area contributed by atoms with Gasteiger partial charge in [0.25, 0.3) is 0 Å². The van der Waals surface area contributed by atoms with Crippen LogP contribution in [0.5, 0.6) is 0 Å². The summed E-state index contributed by atoms with van der Waals surface area (Å²) in [5.41, 5.74) is 0. The molecule has 0 saturated carbocycles. The molecule has 0 aliphatic heterocycles. The Kier molecular flexibility index (Phi) is 14.7. The van der Waals surface area contributed by atoms with Gasteiger partial charge in [0, 0.05) is 0 Å². The number of hydrogen-bond donors (Lipinski definition) is 1. The fourth-order valence-electron chi connectivity index (χ4n) is 1.30. The van der Waals surface area contributed by atoms with E-state index in [1.54, 1.807) is 6.92 Å². The molecule has 0 aliphatic rings. The van der Waals surface area contributed by atoms with Gasteiger partial charge in [-0.15, -0.1) is 0 Å². The molecule has 0 bridgehead atoms.